The zero-order valence-electron chi connectivity index (χ0n) is 48.9. The monoisotopic (exact) mass is 1160 g/mol. The Morgan fingerprint density at radius 3 is 1.37 bits per heavy atom. The number of phenols is 1. The fourth-order valence-corrected chi connectivity index (χ4v) is 9.19. The lowest BCUT2D eigenvalue weighted by atomic mass is 9.87. The van der Waals surface area contributed by atoms with Crippen molar-refractivity contribution in [1.29, 1.82) is 0 Å². The Labute approximate surface area is 485 Å². The van der Waals surface area contributed by atoms with E-state index in [9.17, 15) is 53.4 Å². The van der Waals surface area contributed by atoms with Gasteiger partial charge in [0, 0.05) is 87.3 Å². The molecular weight excluding hydrogens is 1070 g/mol. The topological polar surface area (TPSA) is 490 Å². The summed E-state index contributed by atoms with van der Waals surface area (Å²) in [4.78, 5) is 145. The molecule has 0 bridgehead atoms. The van der Waals surface area contributed by atoms with Crippen LogP contribution < -0.4 is 61.4 Å². The standard InChI is InChI=1S/C56H92N16O11/c1-31(2)20-36(51(81)72-44(29-73)49(57)79)26-48(78)43(21-32(3)4)71-50(80)35(10-7-17-65-54(58)59)24-46(76)41(11-8-18-66-55(60)61)70-53(83)38(23-39-28-64-30-68-39)27-47(77)42(12-9-19-67-56(62)63)69-52(82)37(25-45(75)33(5)6)22-34-13-15-40(74)16-14-34/h13-16,28,30-33,35-38,41-44,73-74H,7-12,17-27,29H2,1-6H3,(H2,57,79)(H,64,68)(H,69,82)(H,70,83)(H,71,80)(H,72,81)(H4,58,59,65)(H4,60,61,66)(H4,62,63,67)/t35-,36-,37-,38-,41+,42+,43+,44+/m1/s1. The maximum absolute atomic E-state index is 14.8. The zero-order chi connectivity index (χ0) is 62.3. The maximum Gasteiger partial charge on any atom is 0.242 e. The average Bonchev–Trinajstić information content (AvgIpc) is 3.92. The number of Topliss-reactive ketones (excluding diaryl/α,β-unsaturated/α-hetero) is 4. The number of nitrogens with two attached hydrogens (primary N) is 7. The Bertz CT molecular complexity index is 2510. The van der Waals surface area contributed by atoms with Gasteiger partial charge in [0.25, 0.3) is 0 Å². The summed E-state index contributed by atoms with van der Waals surface area (Å²) in [6, 6.07) is 1.17. The van der Waals surface area contributed by atoms with Gasteiger partial charge in [0.1, 0.15) is 17.6 Å². The predicted molar refractivity (Wildman–Crippen MR) is 314 cm³/mol. The number of aliphatic hydroxyl groups excluding tert-OH is 1. The second-order valence-corrected chi connectivity index (χ2v) is 22.2. The first-order valence-electron chi connectivity index (χ1n) is 28.2. The number of hydrogen-bond acceptors (Lipinski definition) is 15. The molecule has 1 heterocycles. The van der Waals surface area contributed by atoms with E-state index in [4.69, 9.17) is 40.1 Å². The largest absolute Gasteiger partial charge is 0.508 e. The molecule has 0 unspecified atom stereocenters. The Balaban J connectivity index is 2.62. The number of aromatic amines is 1. The van der Waals surface area contributed by atoms with E-state index >= 15 is 0 Å². The van der Waals surface area contributed by atoms with Gasteiger partial charge in [0.15, 0.2) is 35.2 Å². The van der Waals surface area contributed by atoms with Crippen LogP contribution in [0.3, 0.4) is 0 Å². The number of guanidine groups is 3. The molecule has 2 aromatic rings. The lowest BCUT2D eigenvalue weighted by Gasteiger charge is -2.27. The molecule has 0 aliphatic rings. The summed E-state index contributed by atoms with van der Waals surface area (Å²) in [6.45, 7) is 10.2. The number of aromatic hydroxyl groups is 1. The van der Waals surface area contributed by atoms with Crippen LogP contribution in [0.15, 0.2) is 51.8 Å². The van der Waals surface area contributed by atoms with E-state index in [2.05, 4.69) is 46.2 Å². The minimum absolute atomic E-state index is 0.00989. The van der Waals surface area contributed by atoms with Crippen molar-refractivity contribution in [1.82, 2.24) is 31.2 Å². The summed E-state index contributed by atoms with van der Waals surface area (Å²) in [5.74, 6) is -10.9. The Morgan fingerprint density at radius 1 is 0.518 bits per heavy atom. The number of H-pyrrole nitrogens is 1. The van der Waals surface area contributed by atoms with E-state index in [0.29, 0.717) is 11.3 Å². The van der Waals surface area contributed by atoms with Crippen molar-refractivity contribution in [3.63, 3.8) is 0 Å². The summed E-state index contributed by atoms with van der Waals surface area (Å²) < 4.78 is 0. The lowest BCUT2D eigenvalue weighted by molar-refractivity contribution is -0.136. The molecule has 27 heteroatoms. The van der Waals surface area contributed by atoms with Gasteiger partial charge in [0.2, 0.25) is 29.5 Å². The van der Waals surface area contributed by atoms with Crippen LogP contribution in [0.1, 0.15) is 130 Å². The van der Waals surface area contributed by atoms with Crippen LogP contribution in [-0.2, 0) is 56.0 Å². The number of aromatic nitrogens is 2. The van der Waals surface area contributed by atoms with Crippen LogP contribution in [0, 0.1) is 41.4 Å². The minimum atomic E-state index is -1.39. The van der Waals surface area contributed by atoms with Gasteiger partial charge in [-0.3, -0.25) is 58.1 Å². The van der Waals surface area contributed by atoms with Crippen molar-refractivity contribution in [2.45, 2.75) is 156 Å². The van der Waals surface area contributed by atoms with Gasteiger partial charge in [-0.1, -0.05) is 53.7 Å². The highest BCUT2D eigenvalue weighted by Crippen LogP contribution is 2.24. The van der Waals surface area contributed by atoms with E-state index in [1.54, 1.807) is 26.0 Å². The molecule has 5 amide bonds. The normalized spacial score (nSPS) is 14.1. The number of hydrogen-bond donors (Lipinski definition) is 14. The molecule has 0 saturated heterocycles. The van der Waals surface area contributed by atoms with E-state index in [-0.39, 0.29) is 138 Å². The van der Waals surface area contributed by atoms with Gasteiger partial charge in [-0.15, -0.1) is 0 Å². The third-order valence-electron chi connectivity index (χ3n) is 13.7. The molecule has 0 aliphatic heterocycles. The van der Waals surface area contributed by atoms with Crippen LogP contribution in [0.5, 0.6) is 5.75 Å². The Hall–Kier alpha value is -7.97. The molecule has 0 saturated carbocycles. The molecule has 2 rings (SSSR count). The molecule has 83 heavy (non-hydrogen) atoms. The lowest BCUT2D eigenvalue weighted by Crippen LogP contribution is -2.50. The Kier molecular flexibility index (Phi) is 31.9. The number of nitrogens with one attached hydrogen (secondary N) is 5. The maximum atomic E-state index is 14.8. The number of benzene rings is 1. The third-order valence-corrected chi connectivity index (χ3v) is 13.7. The second-order valence-electron chi connectivity index (χ2n) is 22.2. The fraction of sp³-hybridized carbons (Fsp3) is 0.625. The summed E-state index contributed by atoms with van der Waals surface area (Å²) in [6.07, 6.45) is 2.46. The van der Waals surface area contributed by atoms with E-state index in [1.165, 1.54) is 24.7 Å². The van der Waals surface area contributed by atoms with Gasteiger partial charge in [-0.25, -0.2) is 4.98 Å². The summed E-state index contributed by atoms with van der Waals surface area (Å²) in [7, 11) is 0. The molecule has 8 atom stereocenters. The van der Waals surface area contributed by atoms with Crippen molar-refractivity contribution >= 4 is 70.5 Å². The van der Waals surface area contributed by atoms with Crippen LogP contribution in [-0.4, -0.2) is 141 Å². The molecule has 1 aromatic heterocycles. The predicted octanol–water partition coefficient (Wildman–Crippen LogP) is -0.472. The zero-order valence-corrected chi connectivity index (χ0v) is 48.9. The van der Waals surface area contributed by atoms with Crippen LogP contribution in [0.4, 0.5) is 0 Å². The first-order valence-corrected chi connectivity index (χ1v) is 28.2. The highest BCUT2D eigenvalue weighted by molar-refractivity contribution is 5.98. The van der Waals surface area contributed by atoms with Gasteiger partial charge < -0.3 is 76.6 Å². The number of phenolic OH excluding ortho intramolecular Hbond substituents is 1. The molecule has 27 nitrogen and oxygen atoms in total. The van der Waals surface area contributed by atoms with Gasteiger partial charge in [0.05, 0.1) is 37.0 Å². The van der Waals surface area contributed by atoms with Crippen molar-refractivity contribution in [3.05, 3.63) is 48.0 Å². The molecule has 0 spiro atoms. The summed E-state index contributed by atoms with van der Waals surface area (Å²) in [5.41, 5.74) is 40.0. The van der Waals surface area contributed by atoms with Crippen LogP contribution in [0.25, 0.3) is 0 Å². The Morgan fingerprint density at radius 2 is 0.928 bits per heavy atom. The van der Waals surface area contributed by atoms with Gasteiger partial charge >= 0.3 is 0 Å². The SMILES string of the molecule is CC(C)C[C@H](CC(=O)[C@H](CC(C)C)NC(=O)[C@H](CCCN=C(N)N)CC(=O)[C@H](CCCN=C(N)N)NC(=O)[C@@H](CC(=O)[C@H](CCCN=C(N)N)NC(=O)[C@@H](CC(=O)C(C)C)Cc1ccc(O)cc1)Cc1cnc[nH]1)C(=O)N[C@@H](CO)C(N)=O. The number of primary amides is 1. The first kappa shape index (κ1) is 71.1. The molecule has 0 radical (unpaired) electrons. The molecule has 0 aliphatic carbocycles. The number of carbonyl (C=O) groups excluding carboxylic acids is 9. The molecule has 0 fully saturated rings. The smallest absolute Gasteiger partial charge is 0.242 e. The van der Waals surface area contributed by atoms with Crippen molar-refractivity contribution < 1.29 is 53.4 Å². The van der Waals surface area contributed by atoms with Crippen molar-refractivity contribution in [2.75, 3.05) is 26.2 Å². The minimum Gasteiger partial charge on any atom is -0.508 e. The van der Waals surface area contributed by atoms with Crippen molar-refractivity contribution in [2.24, 2.45) is 96.5 Å². The number of nitrogens with zero attached hydrogens (tertiary/aromatic N) is 4. The van der Waals surface area contributed by atoms with Crippen molar-refractivity contribution in [3.8, 4) is 5.75 Å². The molecule has 462 valence electrons. The number of ketones is 4. The molecule has 21 N–H and O–H groups in total. The number of aliphatic hydroxyl groups is 1. The van der Waals surface area contributed by atoms with E-state index in [0.717, 1.165) is 0 Å². The number of carbonyl (C=O) groups is 9. The highest BCUT2D eigenvalue weighted by atomic mass is 16.3. The highest BCUT2D eigenvalue weighted by Gasteiger charge is 2.36. The molecular formula is C56H92N16O11. The molecule has 1 aromatic carbocycles. The average molecular weight is 1170 g/mol. The van der Waals surface area contributed by atoms with Crippen LogP contribution >= 0.6 is 0 Å². The van der Waals surface area contributed by atoms with E-state index < -0.39 is 120 Å². The fourth-order valence-electron chi connectivity index (χ4n) is 9.19. The number of imidazole rings is 1. The third kappa shape index (κ3) is 28.5. The quantitative estimate of drug-likeness (QED) is 0.0227. The van der Waals surface area contributed by atoms with Gasteiger partial charge in [-0.2, -0.15) is 0 Å². The van der Waals surface area contributed by atoms with E-state index in [1.807, 2.05) is 27.7 Å². The number of aliphatic imine (C=N–C) groups is 3. The number of rotatable bonds is 42. The first-order chi connectivity index (χ1) is 39.1. The van der Waals surface area contributed by atoms with Crippen LogP contribution in [0.2, 0.25) is 0 Å². The summed E-state index contributed by atoms with van der Waals surface area (Å²) in [5, 5.41) is 30.5. The number of amides is 5. The van der Waals surface area contributed by atoms with Gasteiger partial charge in [-0.05, 0) is 87.3 Å². The second kappa shape index (κ2) is 37.2. The summed E-state index contributed by atoms with van der Waals surface area (Å²) >= 11 is 0.